The number of hydrogen-bond acceptors (Lipinski definition) is 0. The molecule has 0 atom stereocenters. The van der Waals surface area contributed by atoms with Crippen molar-refractivity contribution in [3.05, 3.63) is 34.9 Å². The number of hydrogen-bond donors (Lipinski definition) is 0. The van der Waals surface area contributed by atoms with Gasteiger partial charge in [0, 0.05) is 5.03 Å². The Morgan fingerprint density at radius 2 is 1.85 bits per heavy atom. The fourth-order valence-electron chi connectivity index (χ4n) is 0.589. The molecule has 0 heterocycles. The van der Waals surface area contributed by atoms with Crippen molar-refractivity contribution >= 4 is 11.6 Å². The summed E-state index contributed by atoms with van der Waals surface area (Å²) in [4.78, 5) is 0. The van der Waals surface area contributed by atoms with Gasteiger partial charge in [-0.15, -0.1) is 0 Å². The molecule has 0 radical (unpaired) electrons. The van der Waals surface area contributed by atoms with E-state index < -0.39 is 11.7 Å². The Morgan fingerprint density at radius 3 is 2.08 bits per heavy atom. The van der Waals surface area contributed by atoms with Gasteiger partial charge in [0.1, 0.15) is 0 Å². The summed E-state index contributed by atoms with van der Waals surface area (Å²) < 4.78 is 36.4. The monoisotopic (exact) mass is 210 g/mol. The van der Waals surface area contributed by atoms with Gasteiger partial charge in [0.15, 0.2) is 0 Å². The first kappa shape index (κ1) is 12.3. The van der Waals surface area contributed by atoms with Crippen molar-refractivity contribution < 1.29 is 13.2 Å². The summed E-state index contributed by atoms with van der Waals surface area (Å²) >= 11 is 5.52. The molecule has 74 valence electrons. The van der Waals surface area contributed by atoms with Crippen LogP contribution in [0.4, 0.5) is 13.2 Å². The summed E-state index contributed by atoms with van der Waals surface area (Å²) in [5.74, 6) is 0. The van der Waals surface area contributed by atoms with E-state index in [4.69, 9.17) is 11.6 Å². The Labute approximate surface area is 80.4 Å². The van der Waals surface area contributed by atoms with Crippen molar-refractivity contribution in [3.8, 4) is 0 Å². The maximum Gasteiger partial charge on any atom is 0.416 e. The average molecular weight is 211 g/mol. The van der Waals surface area contributed by atoms with E-state index in [2.05, 4.69) is 6.58 Å². The van der Waals surface area contributed by atoms with Gasteiger partial charge in [-0.3, -0.25) is 0 Å². The highest BCUT2D eigenvalue weighted by Gasteiger charge is 2.31. The van der Waals surface area contributed by atoms with Gasteiger partial charge >= 0.3 is 6.18 Å². The van der Waals surface area contributed by atoms with Gasteiger partial charge in [0.25, 0.3) is 0 Å². The maximum absolute atomic E-state index is 12.1. The van der Waals surface area contributed by atoms with Crippen molar-refractivity contribution in [2.45, 2.75) is 20.0 Å². The van der Waals surface area contributed by atoms with Crippen LogP contribution in [0.3, 0.4) is 0 Å². The third-order valence-electron chi connectivity index (χ3n) is 1.33. The Kier molecular flexibility index (Phi) is 4.27. The zero-order valence-corrected chi connectivity index (χ0v) is 8.13. The molecule has 0 unspecified atom stereocenters. The first-order valence-corrected chi connectivity index (χ1v) is 3.93. The molecule has 0 saturated carbocycles. The normalized spacial score (nSPS) is 14.6. The minimum Gasteiger partial charge on any atom is -0.166 e. The van der Waals surface area contributed by atoms with Crippen LogP contribution in [-0.4, -0.2) is 6.18 Å². The topological polar surface area (TPSA) is 0 Å². The van der Waals surface area contributed by atoms with Crippen molar-refractivity contribution in [2.24, 2.45) is 0 Å². The van der Waals surface area contributed by atoms with E-state index >= 15 is 0 Å². The summed E-state index contributed by atoms with van der Waals surface area (Å²) in [5, 5.41) is 0.0189. The lowest BCUT2D eigenvalue weighted by molar-refractivity contribution is -0.0883. The molecule has 0 aromatic rings. The maximum atomic E-state index is 12.1. The largest absolute Gasteiger partial charge is 0.416 e. The van der Waals surface area contributed by atoms with Gasteiger partial charge in [0.2, 0.25) is 0 Å². The second-order valence-corrected chi connectivity index (χ2v) is 2.92. The number of alkyl halides is 3. The molecule has 0 fully saturated rings. The van der Waals surface area contributed by atoms with Crippen LogP contribution in [0.2, 0.25) is 0 Å². The predicted molar refractivity (Wildman–Crippen MR) is 48.6 cm³/mol. The first-order chi connectivity index (χ1) is 5.79. The van der Waals surface area contributed by atoms with E-state index in [-0.39, 0.29) is 5.03 Å². The first-order valence-electron chi connectivity index (χ1n) is 3.55. The van der Waals surface area contributed by atoms with Crippen LogP contribution in [0.1, 0.15) is 13.8 Å². The zero-order chi connectivity index (χ0) is 10.6. The highest BCUT2D eigenvalue weighted by molar-refractivity contribution is 6.32. The van der Waals surface area contributed by atoms with Crippen LogP contribution in [0, 0.1) is 0 Å². The van der Waals surface area contributed by atoms with Gasteiger partial charge in [0.05, 0.1) is 5.57 Å². The molecule has 0 bridgehead atoms. The van der Waals surface area contributed by atoms with Crippen LogP contribution >= 0.6 is 11.6 Å². The lowest BCUT2D eigenvalue weighted by Gasteiger charge is -2.07. The average Bonchev–Trinajstić information content (AvgIpc) is 1.96. The van der Waals surface area contributed by atoms with E-state index in [1.165, 1.54) is 6.92 Å². The molecule has 0 aromatic heterocycles. The Balaban J connectivity index is 4.87. The van der Waals surface area contributed by atoms with Crippen LogP contribution in [0.25, 0.3) is 0 Å². The van der Waals surface area contributed by atoms with E-state index in [1.807, 2.05) is 0 Å². The van der Waals surface area contributed by atoms with Crippen LogP contribution in [0.15, 0.2) is 34.9 Å². The Morgan fingerprint density at radius 1 is 1.38 bits per heavy atom. The number of halogens is 4. The van der Waals surface area contributed by atoms with E-state index in [9.17, 15) is 13.2 Å². The summed E-state index contributed by atoms with van der Waals surface area (Å²) in [6, 6.07) is 0. The fraction of sp³-hybridized carbons (Fsp3) is 0.333. The molecular formula is C9H10ClF3. The molecule has 0 saturated heterocycles. The summed E-state index contributed by atoms with van der Waals surface area (Å²) in [7, 11) is 0. The zero-order valence-electron chi connectivity index (χ0n) is 7.37. The quantitative estimate of drug-likeness (QED) is 0.600. The SMILES string of the molecule is C=C(C)/C(Cl)=C\C(=C/C)C(F)(F)F. The van der Waals surface area contributed by atoms with Crippen molar-refractivity contribution in [1.29, 1.82) is 0 Å². The molecule has 0 nitrogen and oxygen atoms in total. The van der Waals surface area contributed by atoms with Gasteiger partial charge in [-0.05, 0) is 25.5 Å². The molecule has 0 rings (SSSR count). The Bertz CT molecular complexity index is 259. The minimum atomic E-state index is -4.36. The summed E-state index contributed by atoms with van der Waals surface area (Å²) in [6.45, 7) is 6.28. The molecule has 13 heavy (non-hydrogen) atoms. The predicted octanol–water partition coefficient (Wildman–Crippen LogP) is 4.19. The van der Waals surface area contributed by atoms with Gasteiger partial charge < -0.3 is 0 Å². The summed E-state index contributed by atoms with van der Waals surface area (Å²) in [6.07, 6.45) is -2.53. The van der Waals surface area contributed by atoms with E-state index in [0.717, 1.165) is 12.2 Å². The Hall–Kier alpha value is -0.700. The molecule has 0 aliphatic rings. The molecule has 0 aliphatic carbocycles. The van der Waals surface area contributed by atoms with Crippen molar-refractivity contribution in [3.63, 3.8) is 0 Å². The molecule has 0 amide bonds. The lowest BCUT2D eigenvalue weighted by Crippen LogP contribution is -2.09. The van der Waals surface area contributed by atoms with Crippen LogP contribution < -0.4 is 0 Å². The molecule has 0 aliphatic heterocycles. The molecular weight excluding hydrogens is 201 g/mol. The highest BCUT2D eigenvalue weighted by atomic mass is 35.5. The van der Waals surface area contributed by atoms with Gasteiger partial charge in [-0.1, -0.05) is 24.3 Å². The lowest BCUT2D eigenvalue weighted by atomic mass is 10.2. The number of rotatable bonds is 2. The number of allylic oxidation sites excluding steroid dienone is 5. The van der Waals surface area contributed by atoms with Crippen LogP contribution in [0.5, 0.6) is 0 Å². The van der Waals surface area contributed by atoms with Crippen molar-refractivity contribution in [2.75, 3.05) is 0 Å². The molecule has 4 heteroatoms. The fourth-order valence-corrected chi connectivity index (χ4v) is 0.706. The van der Waals surface area contributed by atoms with E-state index in [1.54, 1.807) is 6.92 Å². The molecule has 0 spiro atoms. The van der Waals surface area contributed by atoms with E-state index in [0.29, 0.717) is 5.57 Å². The van der Waals surface area contributed by atoms with Crippen LogP contribution in [-0.2, 0) is 0 Å². The minimum absolute atomic E-state index is 0.0189. The van der Waals surface area contributed by atoms with Gasteiger partial charge in [-0.2, -0.15) is 13.2 Å². The van der Waals surface area contributed by atoms with Crippen molar-refractivity contribution in [1.82, 2.24) is 0 Å². The summed E-state index contributed by atoms with van der Waals surface area (Å²) in [5.41, 5.74) is -0.356. The third-order valence-corrected chi connectivity index (χ3v) is 1.76. The molecule has 0 N–H and O–H groups in total. The standard InChI is InChI=1S/C9H10ClF3/c1-4-7(9(11,12)13)5-8(10)6(2)3/h4-5H,2H2,1,3H3/b7-4+,8-5+. The smallest absolute Gasteiger partial charge is 0.166 e. The highest BCUT2D eigenvalue weighted by Crippen LogP contribution is 2.29. The second kappa shape index (κ2) is 4.51. The van der Waals surface area contributed by atoms with Gasteiger partial charge in [-0.25, -0.2) is 0 Å². The third kappa shape index (κ3) is 4.18. The second-order valence-electron chi connectivity index (χ2n) is 2.51. The molecule has 0 aromatic carbocycles.